The molecule has 1 radical (unpaired) electrons. The van der Waals surface area contributed by atoms with Crippen LogP contribution in [0.15, 0.2) is 0 Å². The summed E-state index contributed by atoms with van der Waals surface area (Å²) in [5.74, 6) is 0.356. The molecule has 0 aromatic rings. The lowest BCUT2D eigenvalue weighted by atomic mass is 10.0. The Kier molecular flexibility index (Phi) is 4.86. The second-order valence-corrected chi connectivity index (χ2v) is 3.03. The van der Waals surface area contributed by atoms with E-state index in [1.807, 2.05) is 13.8 Å². The minimum absolute atomic E-state index is 0.103. The van der Waals surface area contributed by atoms with Crippen molar-refractivity contribution in [1.82, 2.24) is 5.32 Å². The first-order valence-corrected chi connectivity index (χ1v) is 3.90. The Balaban J connectivity index is 3.64. The van der Waals surface area contributed by atoms with E-state index >= 15 is 0 Å². The Hall–Kier alpha value is -0.570. The molecule has 0 aliphatic heterocycles. The predicted molar refractivity (Wildman–Crippen MR) is 45.8 cm³/mol. The van der Waals surface area contributed by atoms with Crippen LogP contribution in [0.25, 0.3) is 0 Å². The highest BCUT2D eigenvalue weighted by Crippen LogP contribution is 2.01. The van der Waals surface area contributed by atoms with Crippen molar-refractivity contribution >= 4 is 5.91 Å². The minimum Gasteiger partial charge on any atom is -0.355 e. The van der Waals surface area contributed by atoms with Gasteiger partial charge in [0.25, 0.3) is 0 Å². The van der Waals surface area contributed by atoms with E-state index in [2.05, 4.69) is 12.2 Å². The van der Waals surface area contributed by atoms with E-state index in [1.165, 1.54) is 0 Å². The van der Waals surface area contributed by atoms with Crippen LogP contribution in [0.4, 0.5) is 0 Å². The van der Waals surface area contributed by atoms with Crippen molar-refractivity contribution in [2.75, 3.05) is 6.54 Å². The molecule has 65 valence electrons. The fraction of sp³-hybridized carbons (Fsp3) is 0.750. The summed E-state index contributed by atoms with van der Waals surface area (Å²) in [6, 6.07) is -0.378. The number of carbonyl (C=O) groups is 1. The number of nitrogens with one attached hydrogen (secondary N) is 1. The van der Waals surface area contributed by atoms with Crippen molar-refractivity contribution in [3.8, 4) is 0 Å². The Morgan fingerprint density at radius 2 is 2.18 bits per heavy atom. The number of nitrogens with two attached hydrogens (primary N) is 1. The molecule has 3 heteroatoms. The van der Waals surface area contributed by atoms with Gasteiger partial charge in [-0.15, -0.1) is 0 Å². The molecule has 0 spiro atoms. The zero-order chi connectivity index (χ0) is 8.85. The van der Waals surface area contributed by atoms with Gasteiger partial charge in [-0.2, -0.15) is 0 Å². The third kappa shape index (κ3) is 4.79. The van der Waals surface area contributed by atoms with E-state index in [0.29, 0.717) is 12.5 Å². The van der Waals surface area contributed by atoms with Crippen LogP contribution in [0.5, 0.6) is 0 Å². The summed E-state index contributed by atoms with van der Waals surface area (Å²) < 4.78 is 0. The second kappa shape index (κ2) is 5.13. The molecule has 3 N–H and O–H groups in total. The van der Waals surface area contributed by atoms with Crippen molar-refractivity contribution < 1.29 is 4.79 Å². The van der Waals surface area contributed by atoms with Gasteiger partial charge in [0.05, 0.1) is 6.04 Å². The number of hydrogen-bond acceptors (Lipinski definition) is 2. The molecule has 3 nitrogen and oxygen atoms in total. The number of amides is 1. The van der Waals surface area contributed by atoms with Crippen molar-refractivity contribution in [2.24, 2.45) is 11.7 Å². The molecule has 0 heterocycles. The van der Waals surface area contributed by atoms with Gasteiger partial charge < -0.3 is 11.1 Å². The third-order valence-electron chi connectivity index (χ3n) is 1.36. The van der Waals surface area contributed by atoms with Crippen LogP contribution in [0, 0.1) is 12.8 Å². The van der Waals surface area contributed by atoms with Gasteiger partial charge in [-0.3, -0.25) is 4.79 Å². The average molecular weight is 157 g/mol. The van der Waals surface area contributed by atoms with Gasteiger partial charge in [-0.25, -0.2) is 0 Å². The van der Waals surface area contributed by atoms with Crippen molar-refractivity contribution in [3.63, 3.8) is 0 Å². The molecule has 0 rings (SSSR count). The molecule has 0 bridgehead atoms. The maximum absolute atomic E-state index is 11.0. The lowest BCUT2D eigenvalue weighted by molar-refractivity contribution is -0.122. The van der Waals surface area contributed by atoms with Crippen molar-refractivity contribution in [3.05, 3.63) is 6.92 Å². The van der Waals surface area contributed by atoms with E-state index in [4.69, 9.17) is 5.73 Å². The van der Waals surface area contributed by atoms with Crippen LogP contribution in [-0.4, -0.2) is 18.5 Å². The SMILES string of the molecule is [CH2]CNC(=O)C(N)CC(C)C. The highest BCUT2D eigenvalue weighted by Gasteiger charge is 2.12. The van der Waals surface area contributed by atoms with E-state index < -0.39 is 0 Å². The van der Waals surface area contributed by atoms with Crippen molar-refractivity contribution in [2.45, 2.75) is 26.3 Å². The molecule has 0 fully saturated rings. The van der Waals surface area contributed by atoms with Gasteiger partial charge in [0.2, 0.25) is 5.91 Å². The molecule has 0 aliphatic carbocycles. The van der Waals surface area contributed by atoms with Crippen LogP contribution >= 0.6 is 0 Å². The first-order chi connectivity index (χ1) is 5.07. The van der Waals surface area contributed by atoms with Crippen LogP contribution in [-0.2, 0) is 4.79 Å². The molecular weight excluding hydrogens is 140 g/mol. The predicted octanol–water partition coefficient (Wildman–Crippen LogP) is 0.310. The number of hydrogen-bond donors (Lipinski definition) is 2. The molecular formula is C8H17N2O. The number of carbonyl (C=O) groups excluding carboxylic acids is 1. The fourth-order valence-electron chi connectivity index (χ4n) is 0.869. The molecule has 11 heavy (non-hydrogen) atoms. The molecule has 1 unspecified atom stereocenters. The van der Waals surface area contributed by atoms with Gasteiger partial charge in [0, 0.05) is 6.54 Å². The quantitative estimate of drug-likeness (QED) is 0.617. The van der Waals surface area contributed by atoms with Gasteiger partial charge in [0.15, 0.2) is 0 Å². The van der Waals surface area contributed by atoms with Crippen LogP contribution in [0.1, 0.15) is 20.3 Å². The topological polar surface area (TPSA) is 55.1 Å². The molecule has 0 aromatic carbocycles. The van der Waals surface area contributed by atoms with E-state index in [1.54, 1.807) is 0 Å². The monoisotopic (exact) mass is 157 g/mol. The largest absolute Gasteiger partial charge is 0.355 e. The van der Waals surface area contributed by atoms with Gasteiger partial charge in [-0.05, 0) is 19.3 Å². The summed E-state index contributed by atoms with van der Waals surface area (Å²) in [5.41, 5.74) is 5.56. The van der Waals surface area contributed by atoms with Crippen molar-refractivity contribution in [1.29, 1.82) is 0 Å². The second-order valence-electron chi connectivity index (χ2n) is 3.03. The maximum atomic E-state index is 11.0. The molecule has 0 saturated carbocycles. The van der Waals surface area contributed by atoms with Gasteiger partial charge in [0.1, 0.15) is 0 Å². The Bertz CT molecular complexity index is 123. The van der Waals surface area contributed by atoms with E-state index in [9.17, 15) is 4.79 Å². The van der Waals surface area contributed by atoms with E-state index in [-0.39, 0.29) is 11.9 Å². The fourth-order valence-corrected chi connectivity index (χ4v) is 0.869. The van der Waals surface area contributed by atoms with Gasteiger partial charge >= 0.3 is 0 Å². The highest BCUT2D eigenvalue weighted by atomic mass is 16.2. The van der Waals surface area contributed by atoms with Gasteiger partial charge in [-0.1, -0.05) is 13.8 Å². The first kappa shape index (κ1) is 10.4. The Morgan fingerprint density at radius 3 is 2.55 bits per heavy atom. The molecule has 1 atom stereocenters. The lowest BCUT2D eigenvalue weighted by Crippen LogP contribution is -2.41. The molecule has 1 amide bonds. The summed E-state index contributed by atoms with van der Waals surface area (Å²) in [6.07, 6.45) is 0.728. The maximum Gasteiger partial charge on any atom is 0.236 e. The first-order valence-electron chi connectivity index (χ1n) is 3.90. The summed E-state index contributed by atoms with van der Waals surface area (Å²) in [7, 11) is 0. The van der Waals surface area contributed by atoms with Crippen LogP contribution < -0.4 is 11.1 Å². The Labute approximate surface area is 68.3 Å². The molecule has 0 aliphatic rings. The minimum atomic E-state index is -0.378. The smallest absolute Gasteiger partial charge is 0.236 e. The summed E-state index contributed by atoms with van der Waals surface area (Å²) >= 11 is 0. The zero-order valence-corrected chi connectivity index (χ0v) is 7.26. The lowest BCUT2D eigenvalue weighted by Gasteiger charge is -2.12. The summed E-state index contributed by atoms with van der Waals surface area (Å²) in [5, 5.41) is 2.58. The third-order valence-corrected chi connectivity index (χ3v) is 1.36. The summed E-state index contributed by atoms with van der Waals surface area (Å²) in [6.45, 7) is 7.99. The molecule has 0 aromatic heterocycles. The molecule has 0 saturated heterocycles. The standard InChI is InChI=1S/C8H17N2O/c1-4-10-8(11)7(9)5-6(2)3/h6-7H,1,4-5,9H2,2-3H3,(H,10,11). The summed E-state index contributed by atoms with van der Waals surface area (Å²) in [4.78, 5) is 11.0. The van der Waals surface area contributed by atoms with E-state index in [0.717, 1.165) is 6.42 Å². The zero-order valence-electron chi connectivity index (χ0n) is 7.26. The van der Waals surface area contributed by atoms with Crippen LogP contribution in [0.2, 0.25) is 0 Å². The van der Waals surface area contributed by atoms with Crippen LogP contribution in [0.3, 0.4) is 0 Å². The number of rotatable bonds is 4. The highest BCUT2D eigenvalue weighted by molar-refractivity contribution is 5.81. The normalized spacial score (nSPS) is 13.2. The average Bonchev–Trinajstić information content (AvgIpc) is 1.86. The Morgan fingerprint density at radius 1 is 1.64 bits per heavy atom.